The van der Waals surface area contributed by atoms with E-state index in [1.54, 1.807) is 0 Å². The van der Waals surface area contributed by atoms with E-state index in [4.69, 9.17) is 28.9 Å². The van der Waals surface area contributed by atoms with E-state index in [0.717, 1.165) is 29.8 Å². The largest absolute Gasteiger partial charge is 0.342 e. The van der Waals surface area contributed by atoms with Gasteiger partial charge in [0.25, 0.3) is 0 Å². The lowest BCUT2D eigenvalue weighted by molar-refractivity contribution is 0.306. The molecule has 1 aliphatic rings. The fourth-order valence-electron chi connectivity index (χ4n) is 3.05. The lowest BCUT2D eigenvalue weighted by Crippen LogP contribution is -2.25. The van der Waals surface area contributed by atoms with Gasteiger partial charge in [0.1, 0.15) is 5.82 Å². The van der Waals surface area contributed by atoms with Gasteiger partial charge >= 0.3 is 0 Å². The molecule has 0 saturated heterocycles. The average Bonchev–Trinajstić information content (AvgIpc) is 2.82. The predicted molar refractivity (Wildman–Crippen MR) is 79.9 cm³/mol. The molecule has 1 aromatic heterocycles. The number of benzene rings is 1. The third-order valence-corrected chi connectivity index (χ3v) is 4.83. The summed E-state index contributed by atoms with van der Waals surface area (Å²) in [4.78, 5) is 8.07. The van der Waals surface area contributed by atoms with Crippen LogP contribution in [0.1, 0.15) is 37.4 Å². The Bertz CT molecular complexity index is 555. The highest BCUT2D eigenvalue weighted by Gasteiger charge is 2.27. The molecule has 102 valence electrons. The normalized spacial score (nSPS) is 23.9. The number of nitrogens with zero attached hydrogens (tertiary/aromatic N) is 1. The molecule has 3 rings (SSSR count). The van der Waals surface area contributed by atoms with Crippen molar-refractivity contribution in [3.05, 3.63) is 28.0 Å². The highest BCUT2D eigenvalue weighted by atomic mass is 35.5. The smallest absolute Gasteiger partial charge is 0.110 e. The number of H-pyrrole nitrogens is 1. The van der Waals surface area contributed by atoms with Crippen molar-refractivity contribution < 1.29 is 0 Å². The van der Waals surface area contributed by atoms with E-state index >= 15 is 0 Å². The number of rotatable bonds is 2. The third kappa shape index (κ3) is 2.47. The maximum Gasteiger partial charge on any atom is 0.110 e. The van der Waals surface area contributed by atoms with Crippen LogP contribution in [0.3, 0.4) is 0 Å². The van der Waals surface area contributed by atoms with Gasteiger partial charge in [0.05, 0.1) is 21.1 Å². The number of aromatic nitrogens is 2. The number of hydrogen-bond donors (Lipinski definition) is 2. The maximum atomic E-state index is 6.04. The van der Waals surface area contributed by atoms with E-state index in [9.17, 15) is 0 Å². The number of nitrogens with two attached hydrogens (primary N) is 1. The Balaban J connectivity index is 2.00. The van der Waals surface area contributed by atoms with Crippen molar-refractivity contribution in [3.8, 4) is 0 Å². The fourth-order valence-corrected chi connectivity index (χ4v) is 3.37. The standard InChI is InChI=1S/C14H17Cl2N3/c15-10-5-12-13(6-11(10)16)19-14(18-12)9-4-2-1-3-8(9)7-17/h5-6,8-9H,1-4,7,17H2,(H,18,19). The summed E-state index contributed by atoms with van der Waals surface area (Å²) < 4.78 is 0. The molecular weight excluding hydrogens is 281 g/mol. The summed E-state index contributed by atoms with van der Waals surface area (Å²) in [6.07, 6.45) is 4.87. The van der Waals surface area contributed by atoms with E-state index in [1.807, 2.05) is 12.1 Å². The van der Waals surface area contributed by atoms with Crippen molar-refractivity contribution in [2.24, 2.45) is 11.7 Å². The Kier molecular flexibility index (Phi) is 3.70. The van der Waals surface area contributed by atoms with Gasteiger partial charge in [-0.15, -0.1) is 0 Å². The summed E-state index contributed by atoms with van der Waals surface area (Å²) in [5, 5.41) is 1.11. The molecule has 5 heteroatoms. The van der Waals surface area contributed by atoms with Gasteiger partial charge in [-0.1, -0.05) is 36.0 Å². The minimum Gasteiger partial charge on any atom is -0.342 e. The molecule has 0 aliphatic heterocycles. The Labute approximate surface area is 122 Å². The SMILES string of the molecule is NCC1CCCCC1c1nc2cc(Cl)c(Cl)cc2[nH]1. The highest BCUT2D eigenvalue weighted by molar-refractivity contribution is 6.42. The minimum atomic E-state index is 0.434. The summed E-state index contributed by atoms with van der Waals surface area (Å²) in [5.74, 6) is 1.99. The first-order valence-corrected chi connectivity index (χ1v) is 7.49. The first kappa shape index (κ1) is 13.2. The molecule has 2 atom stereocenters. The first-order valence-electron chi connectivity index (χ1n) is 6.73. The van der Waals surface area contributed by atoms with Crippen molar-refractivity contribution in [3.63, 3.8) is 0 Å². The molecule has 2 aromatic rings. The molecule has 0 radical (unpaired) electrons. The fraction of sp³-hybridized carbons (Fsp3) is 0.500. The second-order valence-corrected chi connectivity index (χ2v) is 6.11. The van der Waals surface area contributed by atoms with Crippen molar-refractivity contribution in [2.75, 3.05) is 6.54 Å². The Morgan fingerprint density at radius 1 is 1.21 bits per heavy atom. The predicted octanol–water partition coefficient (Wildman–Crippen LogP) is 4.10. The number of hydrogen-bond acceptors (Lipinski definition) is 2. The van der Waals surface area contributed by atoms with E-state index in [1.165, 1.54) is 19.3 Å². The van der Waals surface area contributed by atoms with Crippen LogP contribution in [0.25, 0.3) is 11.0 Å². The molecule has 0 spiro atoms. The van der Waals surface area contributed by atoms with E-state index in [2.05, 4.69) is 9.97 Å². The summed E-state index contributed by atoms with van der Waals surface area (Å²) in [6.45, 7) is 0.725. The van der Waals surface area contributed by atoms with Crippen molar-refractivity contribution >= 4 is 34.2 Å². The number of nitrogens with one attached hydrogen (secondary N) is 1. The van der Waals surface area contributed by atoms with Crippen LogP contribution >= 0.6 is 23.2 Å². The second-order valence-electron chi connectivity index (χ2n) is 5.29. The van der Waals surface area contributed by atoms with Crippen LogP contribution in [-0.2, 0) is 0 Å². The summed E-state index contributed by atoms with van der Waals surface area (Å²) in [5.41, 5.74) is 7.72. The second kappa shape index (κ2) is 5.31. The van der Waals surface area contributed by atoms with Gasteiger partial charge in [0, 0.05) is 5.92 Å². The summed E-state index contributed by atoms with van der Waals surface area (Å²) >= 11 is 12.1. The van der Waals surface area contributed by atoms with Crippen molar-refractivity contribution in [2.45, 2.75) is 31.6 Å². The van der Waals surface area contributed by atoms with E-state index in [-0.39, 0.29) is 0 Å². The zero-order chi connectivity index (χ0) is 13.4. The van der Waals surface area contributed by atoms with Gasteiger partial charge in [-0.2, -0.15) is 0 Å². The van der Waals surface area contributed by atoms with Crippen LogP contribution in [0.5, 0.6) is 0 Å². The van der Waals surface area contributed by atoms with Crippen molar-refractivity contribution in [1.29, 1.82) is 0 Å². The van der Waals surface area contributed by atoms with Gasteiger partial charge in [0.2, 0.25) is 0 Å². The molecule has 0 amide bonds. The zero-order valence-electron chi connectivity index (χ0n) is 10.6. The quantitative estimate of drug-likeness (QED) is 0.877. The van der Waals surface area contributed by atoms with Crippen molar-refractivity contribution in [1.82, 2.24) is 9.97 Å². The van der Waals surface area contributed by atoms with Gasteiger partial charge in [-0.25, -0.2) is 4.98 Å². The molecule has 0 bridgehead atoms. The number of fused-ring (bicyclic) bond motifs is 1. The van der Waals surface area contributed by atoms with Crippen LogP contribution in [-0.4, -0.2) is 16.5 Å². The maximum absolute atomic E-state index is 6.04. The summed E-state index contributed by atoms with van der Waals surface area (Å²) in [6, 6.07) is 3.66. The molecule has 19 heavy (non-hydrogen) atoms. The Morgan fingerprint density at radius 2 is 1.95 bits per heavy atom. The minimum absolute atomic E-state index is 0.434. The van der Waals surface area contributed by atoms with E-state index in [0.29, 0.717) is 21.9 Å². The molecule has 2 unspecified atom stereocenters. The third-order valence-electron chi connectivity index (χ3n) is 4.11. The van der Waals surface area contributed by atoms with Crippen LogP contribution in [0, 0.1) is 5.92 Å². The van der Waals surface area contributed by atoms with E-state index < -0.39 is 0 Å². The van der Waals surface area contributed by atoms with Gasteiger partial charge < -0.3 is 10.7 Å². The molecular formula is C14H17Cl2N3. The van der Waals surface area contributed by atoms with Crippen LogP contribution in [0.2, 0.25) is 10.0 Å². The number of imidazole rings is 1. The zero-order valence-corrected chi connectivity index (χ0v) is 12.1. The molecule has 1 aliphatic carbocycles. The molecule has 3 nitrogen and oxygen atoms in total. The van der Waals surface area contributed by atoms with Crippen LogP contribution in [0.15, 0.2) is 12.1 Å². The first-order chi connectivity index (χ1) is 9.19. The lowest BCUT2D eigenvalue weighted by atomic mass is 9.79. The van der Waals surface area contributed by atoms with Gasteiger partial charge in [-0.3, -0.25) is 0 Å². The van der Waals surface area contributed by atoms with Crippen LogP contribution in [0.4, 0.5) is 0 Å². The number of aromatic amines is 1. The van der Waals surface area contributed by atoms with Gasteiger partial charge in [-0.05, 0) is 37.4 Å². The van der Waals surface area contributed by atoms with Gasteiger partial charge in [0.15, 0.2) is 0 Å². The molecule has 3 N–H and O–H groups in total. The Hall–Kier alpha value is -0.770. The highest BCUT2D eigenvalue weighted by Crippen LogP contribution is 2.37. The molecule has 1 heterocycles. The van der Waals surface area contributed by atoms with Crippen LogP contribution < -0.4 is 5.73 Å². The summed E-state index contributed by atoms with van der Waals surface area (Å²) in [7, 11) is 0. The molecule has 1 fully saturated rings. The number of halogens is 2. The monoisotopic (exact) mass is 297 g/mol. The molecule has 1 saturated carbocycles. The molecule has 1 aromatic carbocycles. The lowest BCUT2D eigenvalue weighted by Gasteiger charge is -2.28. The Morgan fingerprint density at radius 3 is 2.74 bits per heavy atom. The average molecular weight is 298 g/mol. The topological polar surface area (TPSA) is 54.7 Å².